The van der Waals surface area contributed by atoms with Gasteiger partial charge in [0.2, 0.25) is 11.8 Å². The van der Waals surface area contributed by atoms with Crippen LogP contribution in [0.2, 0.25) is 0 Å². The fraction of sp³-hybridized carbons (Fsp3) is 0.913. The Morgan fingerprint density at radius 1 is 0.704 bits per heavy atom. The van der Waals surface area contributed by atoms with Crippen LogP contribution in [0.15, 0.2) is 0 Å². The van der Waals surface area contributed by atoms with E-state index in [2.05, 4.69) is 4.90 Å². The fourth-order valence-electron chi connectivity index (χ4n) is 5.70. The molecule has 0 spiro atoms. The van der Waals surface area contributed by atoms with Gasteiger partial charge < -0.3 is 9.80 Å². The topological polar surface area (TPSA) is 40.6 Å². The van der Waals surface area contributed by atoms with Crippen molar-refractivity contribution in [1.29, 1.82) is 0 Å². The van der Waals surface area contributed by atoms with E-state index in [4.69, 9.17) is 0 Å². The van der Waals surface area contributed by atoms with E-state index in [0.717, 1.165) is 25.7 Å². The van der Waals surface area contributed by atoms with Crippen molar-refractivity contribution >= 4 is 11.8 Å². The van der Waals surface area contributed by atoms with Crippen LogP contribution in [0, 0.1) is 11.8 Å². The van der Waals surface area contributed by atoms with E-state index >= 15 is 0 Å². The first-order valence-corrected chi connectivity index (χ1v) is 11.6. The summed E-state index contributed by atoms with van der Waals surface area (Å²) in [5.41, 5.74) is 0. The third-order valence-corrected chi connectivity index (χ3v) is 7.58. The number of carbonyl (C=O) groups is 2. The average molecular weight is 377 g/mol. The van der Waals surface area contributed by atoms with Crippen LogP contribution in [0.4, 0.5) is 0 Å². The largest absolute Gasteiger partial charge is 0.343 e. The molecule has 3 aliphatic rings. The van der Waals surface area contributed by atoms with Crippen LogP contribution < -0.4 is 0 Å². The van der Waals surface area contributed by atoms with Crippen molar-refractivity contribution in [3.63, 3.8) is 0 Å². The quantitative estimate of drug-likeness (QED) is 0.694. The van der Waals surface area contributed by atoms with Gasteiger partial charge in [0, 0.05) is 38.5 Å². The molecule has 0 N–H and O–H groups in total. The number of rotatable bonds is 5. The van der Waals surface area contributed by atoms with Gasteiger partial charge in [0.25, 0.3) is 0 Å². The van der Waals surface area contributed by atoms with Crippen molar-refractivity contribution in [2.75, 3.05) is 14.1 Å². The highest BCUT2D eigenvalue weighted by atomic mass is 16.2. The second-order valence-corrected chi connectivity index (χ2v) is 9.47. The monoisotopic (exact) mass is 376 g/mol. The van der Waals surface area contributed by atoms with Crippen molar-refractivity contribution < 1.29 is 9.59 Å². The van der Waals surface area contributed by atoms with Crippen LogP contribution in [0.3, 0.4) is 0 Å². The predicted molar refractivity (Wildman–Crippen MR) is 109 cm³/mol. The molecule has 2 atom stereocenters. The second-order valence-electron chi connectivity index (χ2n) is 9.47. The molecule has 3 fully saturated rings. The molecule has 2 unspecified atom stereocenters. The van der Waals surface area contributed by atoms with E-state index in [1.165, 1.54) is 64.2 Å². The van der Waals surface area contributed by atoms with Gasteiger partial charge in [-0.1, -0.05) is 44.9 Å². The summed E-state index contributed by atoms with van der Waals surface area (Å²) >= 11 is 0. The summed E-state index contributed by atoms with van der Waals surface area (Å²) in [5, 5.41) is 0. The van der Waals surface area contributed by atoms with Gasteiger partial charge >= 0.3 is 0 Å². The van der Waals surface area contributed by atoms with Crippen LogP contribution in [-0.2, 0) is 9.59 Å². The van der Waals surface area contributed by atoms with Crippen LogP contribution in [0.25, 0.3) is 0 Å². The van der Waals surface area contributed by atoms with Gasteiger partial charge in [-0.2, -0.15) is 0 Å². The Labute approximate surface area is 166 Å². The summed E-state index contributed by atoms with van der Waals surface area (Å²) in [4.78, 5) is 29.9. The molecule has 2 amide bonds. The molecular formula is C23H40N2O2. The Morgan fingerprint density at radius 3 is 1.85 bits per heavy atom. The Hall–Kier alpha value is -1.06. The van der Waals surface area contributed by atoms with Crippen LogP contribution in [-0.4, -0.2) is 47.8 Å². The summed E-state index contributed by atoms with van der Waals surface area (Å²) in [6, 6.07) is 0.899. The van der Waals surface area contributed by atoms with Gasteiger partial charge in [-0.15, -0.1) is 0 Å². The summed E-state index contributed by atoms with van der Waals surface area (Å²) in [6.07, 6.45) is 17.1. The highest BCUT2D eigenvalue weighted by Crippen LogP contribution is 2.34. The van der Waals surface area contributed by atoms with E-state index in [9.17, 15) is 9.59 Å². The number of amides is 2. The second kappa shape index (κ2) is 9.93. The maximum atomic E-state index is 13.0. The Bertz CT molecular complexity index is 495. The molecule has 0 radical (unpaired) electrons. The summed E-state index contributed by atoms with van der Waals surface area (Å²) < 4.78 is 0. The molecule has 0 heterocycles. The highest BCUT2D eigenvalue weighted by molar-refractivity contribution is 5.79. The van der Waals surface area contributed by atoms with E-state index in [1.807, 2.05) is 19.0 Å². The van der Waals surface area contributed by atoms with Gasteiger partial charge in [0.15, 0.2) is 0 Å². The molecule has 154 valence electrons. The first-order chi connectivity index (χ1) is 13.1. The number of hydrogen-bond donors (Lipinski definition) is 0. The first kappa shape index (κ1) is 20.7. The molecule has 27 heavy (non-hydrogen) atoms. The maximum absolute atomic E-state index is 13.0. The zero-order valence-electron chi connectivity index (χ0n) is 17.6. The summed E-state index contributed by atoms with van der Waals surface area (Å²) in [6.45, 7) is 0. The van der Waals surface area contributed by atoms with Crippen molar-refractivity contribution in [3.8, 4) is 0 Å². The van der Waals surface area contributed by atoms with Gasteiger partial charge in [-0.25, -0.2) is 0 Å². The molecule has 4 nitrogen and oxygen atoms in total. The third kappa shape index (κ3) is 5.48. The maximum Gasteiger partial charge on any atom is 0.225 e. The number of nitrogens with zero attached hydrogens (tertiary/aromatic N) is 2. The van der Waals surface area contributed by atoms with Crippen LogP contribution in [0.1, 0.15) is 96.3 Å². The number of hydrogen-bond acceptors (Lipinski definition) is 2. The average Bonchev–Trinajstić information content (AvgIpc) is 2.73. The SMILES string of the molecule is CN(C(=O)CC1CCCC(C(=O)N(C)C2CCCCC2)C1)C1CCCCC1. The molecule has 3 saturated carbocycles. The van der Waals surface area contributed by atoms with Crippen molar-refractivity contribution in [2.45, 2.75) is 108 Å². The smallest absolute Gasteiger partial charge is 0.225 e. The Kier molecular flexibility index (Phi) is 7.60. The molecule has 0 aromatic carbocycles. The lowest BCUT2D eigenvalue weighted by Gasteiger charge is -2.37. The zero-order valence-corrected chi connectivity index (χ0v) is 17.6. The van der Waals surface area contributed by atoms with E-state index in [-0.39, 0.29) is 5.92 Å². The fourth-order valence-corrected chi connectivity index (χ4v) is 5.70. The van der Waals surface area contributed by atoms with Crippen molar-refractivity contribution in [1.82, 2.24) is 9.80 Å². The minimum atomic E-state index is 0.142. The minimum absolute atomic E-state index is 0.142. The highest BCUT2D eigenvalue weighted by Gasteiger charge is 2.33. The molecular weight excluding hydrogens is 336 g/mol. The van der Waals surface area contributed by atoms with Gasteiger partial charge in [-0.3, -0.25) is 9.59 Å². The molecule has 0 saturated heterocycles. The molecule has 0 aliphatic heterocycles. The Balaban J connectivity index is 1.49. The van der Waals surface area contributed by atoms with Gasteiger partial charge in [0.05, 0.1) is 0 Å². The molecule has 3 aliphatic carbocycles. The van der Waals surface area contributed by atoms with E-state index in [1.54, 1.807) is 0 Å². The minimum Gasteiger partial charge on any atom is -0.343 e. The first-order valence-electron chi connectivity index (χ1n) is 11.6. The lowest BCUT2D eigenvalue weighted by molar-refractivity contribution is -0.140. The summed E-state index contributed by atoms with van der Waals surface area (Å²) in [5.74, 6) is 1.19. The summed E-state index contributed by atoms with van der Waals surface area (Å²) in [7, 11) is 4.02. The normalized spacial score (nSPS) is 27.9. The molecule has 0 bridgehead atoms. The third-order valence-electron chi connectivity index (χ3n) is 7.58. The molecule has 0 aromatic rings. The molecule has 3 rings (SSSR count). The van der Waals surface area contributed by atoms with Crippen LogP contribution in [0.5, 0.6) is 0 Å². The van der Waals surface area contributed by atoms with Gasteiger partial charge in [-0.05, 0) is 50.9 Å². The van der Waals surface area contributed by atoms with E-state index in [0.29, 0.717) is 36.2 Å². The predicted octanol–water partition coefficient (Wildman–Crippen LogP) is 4.77. The standard InChI is InChI=1S/C23H40N2O2/c1-24(20-12-5-3-6-13-20)22(26)17-18-10-9-11-19(16-18)23(27)25(2)21-14-7-4-8-15-21/h18-21H,3-17H2,1-2H3. The lowest BCUT2D eigenvalue weighted by atomic mass is 9.78. The number of carbonyl (C=O) groups excluding carboxylic acids is 2. The molecule has 0 aromatic heterocycles. The van der Waals surface area contributed by atoms with Crippen molar-refractivity contribution in [3.05, 3.63) is 0 Å². The van der Waals surface area contributed by atoms with Gasteiger partial charge in [0.1, 0.15) is 0 Å². The lowest BCUT2D eigenvalue weighted by Crippen LogP contribution is -2.43. The Morgan fingerprint density at radius 2 is 1.26 bits per heavy atom. The van der Waals surface area contributed by atoms with E-state index < -0.39 is 0 Å². The molecule has 4 heteroatoms. The zero-order chi connectivity index (χ0) is 19.2. The van der Waals surface area contributed by atoms with Crippen molar-refractivity contribution in [2.24, 2.45) is 11.8 Å². The van der Waals surface area contributed by atoms with Crippen LogP contribution >= 0.6 is 0 Å².